The zero-order chi connectivity index (χ0) is 17.6. The second kappa shape index (κ2) is 5.94. The van der Waals surface area contributed by atoms with Crippen molar-refractivity contribution in [2.45, 2.75) is 37.5 Å². The minimum Gasteiger partial charge on any atom is -0.424 e. The summed E-state index contributed by atoms with van der Waals surface area (Å²) in [6, 6.07) is 1.18. The van der Waals surface area contributed by atoms with Gasteiger partial charge < -0.3 is 9.32 Å². The number of anilines is 1. The third-order valence-electron chi connectivity index (χ3n) is 4.55. The summed E-state index contributed by atoms with van der Waals surface area (Å²) in [7, 11) is 1.93. The van der Waals surface area contributed by atoms with Crippen LogP contribution in [-0.4, -0.2) is 51.2 Å². The zero-order valence-corrected chi connectivity index (χ0v) is 13.6. The minimum absolute atomic E-state index is 0.195. The van der Waals surface area contributed by atoms with Gasteiger partial charge in [0, 0.05) is 31.1 Å². The summed E-state index contributed by atoms with van der Waals surface area (Å²) in [6.45, 7) is 1.71. The van der Waals surface area contributed by atoms with Crippen LogP contribution in [0.4, 0.5) is 19.0 Å². The van der Waals surface area contributed by atoms with Gasteiger partial charge in [-0.05, 0) is 19.9 Å². The molecule has 0 amide bonds. The fourth-order valence-corrected chi connectivity index (χ4v) is 2.76. The molecule has 134 valence electrons. The lowest BCUT2D eigenvalue weighted by atomic mass is 10.1. The van der Waals surface area contributed by atoms with Gasteiger partial charge in [0.25, 0.3) is 0 Å². The quantitative estimate of drug-likeness (QED) is 0.814. The maximum absolute atomic E-state index is 12.7. The SMILES string of the molecule is CN(Cc1nnc(C2CC2)o1)C1CN(c2cc(C(F)(F)F)ncn2)C1. The van der Waals surface area contributed by atoms with E-state index in [-0.39, 0.29) is 6.04 Å². The molecule has 2 aromatic rings. The number of halogens is 3. The molecular weight excluding hydrogens is 337 g/mol. The van der Waals surface area contributed by atoms with Gasteiger partial charge in [-0.1, -0.05) is 0 Å². The molecule has 25 heavy (non-hydrogen) atoms. The predicted octanol–water partition coefficient (Wildman–Crippen LogP) is 2.08. The van der Waals surface area contributed by atoms with Crippen LogP contribution in [0.3, 0.4) is 0 Å². The van der Waals surface area contributed by atoms with Crippen LogP contribution in [0.25, 0.3) is 0 Å². The van der Waals surface area contributed by atoms with Gasteiger partial charge in [-0.2, -0.15) is 13.2 Å². The van der Waals surface area contributed by atoms with Crippen molar-refractivity contribution < 1.29 is 17.6 Å². The van der Waals surface area contributed by atoms with E-state index in [1.165, 1.54) is 0 Å². The van der Waals surface area contributed by atoms with Crippen molar-refractivity contribution in [2.24, 2.45) is 0 Å². The van der Waals surface area contributed by atoms with Crippen LogP contribution in [0, 0.1) is 0 Å². The van der Waals surface area contributed by atoms with Crippen molar-refractivity contribution in [1.29, 1.82) is 0 Å². The van der Waals surface area contributed by atoms with Gasteiger partial charge >= 0.3 is 6.18 Å². The lowest BCUT2D eigenvalue weighted by Crippen LogP contribution is -2.58. The van der Waals surface area contributed by atoms with E-state index in [1.54, 1.807) is 4.90 Å². The summed E-state index contributed by atoms with van der Waals surface area (Å²) in [6.07, 6.45) is -1.30. The Bertz CT molecular complexity index is 754. The summed E-state index contributed by atoms with van der Waals surface area (Å²) < 4.78 is 43.8. The Hall–Kier alpha value is -2.23. The first-order chi connectivity index (χ1) is 11.9. The highest BCUT2D eigenvalue weighted by atomic mass is 19.4. The number of hydrogen-bond donors (Lipinski definition) is 0. The highest BCUT2D eigenvalue weighted by Crippen LogP contribution is 2.39. The number of rotatable bonds is 5. The predicted molar refractivity (Wildman–Crippen MR) is 80.8 cm³/mol. The van der Waals surface area contributed by atoms with Crippen LogP contribution < -0.4 is 4.90 Å². The second-order valence-electron chi connectivity index (χ2n) is 6.54. The Kier molecular flexibility index (Phi) is 3.86. The molecule has 10 heteroatoms. The molecule has 7 nitrogen and oxygen atoms in total. The summed E-state index contributed by atoms with van der Waals surface area (Å²) in [5, 5.41) is 8.11. The molecule has 0 N–H and O–H groups in total. The average molecular weight is 354 g/mol. The molecule has 4 rings (SSSR count). The molecule has 0 aromatic carbocycles. The van der Waals surface area contributed by atoms with E-state index in [0.717, 1.165) is 25.2 Å². The first kappa shape index (κ1) is 16.2. The van der Waals surface area contributed by atoms with Crippen LogP contribution in [0.1, 0.15) is 36.2 Å². The van der Waals surface area contributed by atoms with E-state index < -0.39 is 11.9 Å². The van der Waals surface area contributed by atoms with Crippen LogP contribution in [0.2, 0.25) is 0 Å². The first-order valence-electron chi connectivity index (χ1n) is 8.07. The number of hydrogen-bond acceptors (Lipinski definition) is 7. The van der Waals surface area contributed by atoms with Crippen molar-refractivity contribution in [3.8, 4) is 0 Å². The smallest absolute Gasteiger partial charge is 0.424 e. The molecule has 1 saturated carbocycles. The largest absolute Gasteiger partial charge is 0.433 e. The highest BCUT2D eigenvalue weighted by molar-refractivity contribution is 5.43. The number of nitrogens with zero attached hydrogens (tertiary/aromatic N) is 6. The molecule has 1 saturated heterocycles. The Balaban J connectivity index is 1.33. The monoisotopic (exact) mass is 354 g/mol. The van der Waals surface area contributed by atoms with Crippen LogP contribution in [0.15, 0.2) is 16.8 Å². The van der Waals surface area contributed by atoms with Gasteiger partial charge in [-0.15, -0.1) is 10.2 Å². The van der Waals surface area contributed by atoms with Crippen molar-refractivity contribution in [3.05, 3.63) is 29.9 Å². The molecule has 0 radical (unpaired) electrons. The van der Waals surface area contributed by atoms with E-state index in [2.05, 4.69) is 25.1 Å². The van der Waals surface area contributed by atoms with Crippen LogP contribution in [-0.2, 0) is 12.7 Å². The van der Waals surface area contributed by atoms with E-state index >= 15 is 0 Å². The Morgan fingerprint density at radius 2 is 2.00 bits per heavy atom. The molecule has 1 aliphatic carbocycles. The number of aromatic nitrogens is 4. The molecular formula is C15H17F3N6O. The van der Waals surface area contributed by atoms with Gasteiger partial charge in [-0.25, -0.2) is 9.97 Å². The second-order valence-corrected chi connectivity index (χ2v) is 6.54. The summed E-state index contributed by atoms with van der Waals surface area (Å²) in [5.74, 6) is 2.00. The topological polar surface area (TPSA) is 71.2 Å². The van der Waals surface area contributed by atoms with Gasteiger partial charge in [0.2, 0.25) is 11.8 Å². The fraction of sp³-hybridized carbons (Fsp3) is 0.600. The Morgan fingerprint density at radius 1 is 1.24 bits per heavy atom. The first-order valence-corrected chi connectivity index (χ1v) is 8.07. The molecule has 0 bridgehead atoms. The minimum atomic E-state index is -4.46. The van der Waals surface area contributed by atoms with Gasteiger partial charge in [-0.3, -0.25) is 4.90 Å². The normalized spacial score (nSPS) is 18.7. The van der Waals surface area contributed by atoms with Crippen LogP contribution >= 0.6 is 0 Å². The van der Waals surface area contributed by atoms with E-state index in [9.17, 15) is 13.2 Å². The number of likely N-dealkylation sites (N-methyl/N-ethyl adjacent to an activating group) is 1. The van der Waals surface area contributed by atoms with E-state index in [0.29, 0.717) is 43.2 Å². The summed E-state index contributed by atoms with van der Waals surface area (Å²) >= 11 is 0. The molecule has 1 aliphatic heterocycles. The molecule has 2 aromatic heterocycles. The van der Waals surface area contributed by atoms with E-state index in [4.69, 9.17) is 4.42 Å². The van der Waals surface area contributed by atoms with Crippen molar-refractivity contribution in [2.75, 3.05) is 25.0 Å². The van der Waals surface area contributed by atoms with E-state index in [1.807, 2.05) is 7.05 Å². The maximum atomic E-state index is 12.7. The van der Waals surface area contributed by atoms with Gasteiger partial charge in [0.1, 0.15) is 17.8 Å². The third-order valence-corrected chi connectivity index (χ3v) is 4.55. The van der Waals surface area contributed by atoms with Crippen molar-refractivity contribution in [1.82, 2.24) is 25.1 Å². The lowest BCUT2D eigenvalue weighted by Gasteiger charge is -2.44. The van der Waals surface area contributed by atoms with Crippen molar-refractivity contribution in [3.63, 3.8) is 0 Å². The lowest BCUT2D eigenvalue weighted by molar-refractivity contribution is -0.141. The Morgan fingerprint density at radius 3 is 2.68 bits per heavy atom. The third kappa shape index (κ3) is 3.44. The molecule has 0 unspecified atom stereocenters. The van der Waals surface area contributed by atoms with Gasteiger partial charge in [0.05, 0.1) is 6.54 Å². The summed E-state index contributed by atoms with van der Waals surface area (Å²) in [4.78, 5) is 11.1. The summed E-state index contributed by atoms with van der Waals surface area (Å²) in [5.41, 5.74) is -0.923. The molecule has 2 aliphatic rings. The average Bonchev–Trinajstić information content (AvgIpc) is 3.26. The number of alkyl halides is 3. The molecule has 0 atom stereocenters. The molecule has 3 heterocycles. The van der Waals surface area contributed by atoms with Gasteiger partial charge in [0.15, 0.2) is 0 Å². The fourth-order valence-electron chi connectivity index (χ4n) is 2.76. The van der Waals surface area contributed by atoms with Crippen molar-refractivity contribution >= 4 is 5.82 Å². The van der Waals surface area contributed by atoms with Crippen LogP contribution in [0.5, 0.6) is 0 Å². The maximum Gasteiger partial charge on any atom is 0.433 e. The molecule has 0 spiro atoms. The zero-order valence-electron chi connectivity index (χ0n) is 13.6. The standard InChI is InChI=1S/C15H17F3N6O/c1-23(7-13-21-22-14(25-13)9-2-3-9)10-5-24(6-10)12-4-11(15(16,17)18)19-8-20-12/h4,8-10H,2-3,5-7H2,1H3. The Labute approximate surface area is 141 Å². The molecule has 2 fully saturated rings. The highest BCUT2D eigenvalue weighted by Gasteiger charge is 2.36.